The number of thiazole rings is 2. The molecule has 4 aromatic rings. The zero-order valence-electron chi connectivity index (χ0n) is 17.7. The average Bonchev–Trinajstić information content (AvgIpc) is 3.33. The maximum absolute atomic E-state index is 14.3. The minimum absolute atomic E-state index is 0.190. The Morgan fingerprint density at radius 2 is 2.00 bits per heavy atom. The number of pyridine rings is 1. The number of hydrogen-bond acceptors (Lipinski definition) is 6. The lowest BCUT2D eigenvalue weighted by Crippen LogP contribution is -2.28. The van der Waals surface area contributed by atoms with E-state index in [0.717, 1.165) is 37.5 Å². The molecule has 5 nitrogen and oxygen atoms in total. The van der Waals surface area contributed by atoms with E-state index in [1.807, 2.05) is 26.0 Å². The molecule has 0 aliphatic heterocycles. The highest BCUT2D eigenvalue weighted by molar-refractivity contribution is 7.16. The molecule has 0 unspecified atom stereocenters. The fraction of sp³-hybridized carbons (Fsp3) is 0.217. The van der Waals surface area contributed by atoms with Crippen LogP contribution in [-0.4, -0.2) is 20.9 Å². The Balaban J connectivity index is 1.47. The van der Waals surface area contributed by atoms with Crippen LogP contribution in [0.3, 0.4) is 0 Å². The molecule has 3 aromatic heterocycles. The third-order valence-corrected chi connectivity index (χ3v) is 7.01. The second kappa shape index (κ2) is 9.44. The van der Waals surface area contributed by atoms with Crippen LogP contribution in [-0.2, 0) is 17.8 Å². The topological polar surface area (TPSA) is 59.0 Å². The summed E-state index contributed by atoms with van der Waals surface area (Å²) in [6, 6.07) is 8.08. The molecule has 0 bridgehead atoms. The molecule has 1 amide bonds. The minimum Gasteiger partial charge on any atom is -0.305 e. The lowest BCUT2D eigenvalue weighted by Gasteiger charge is -2.22. The van der Waals surface area contributed by atoms with E-state index in [1.54, 1.807) is 34.9 Å². The summed E-state index contributed by atoms with van der Waals surface area (Å²) in [6.45, 7) is 5.61. The van der Waals surface area contributed by atoms with Gasteiger partial charge in [0, 0.05) is 35.6 Å². The zero-order valence-corrected chi connectivity index (χ0v) is 20.1. The summed E-state index contributed by atoms with van der Waals surface area (Å²) < 4.78 is 14.3. The molecule has 3 heterocycles. The Bertz CT molecular complexity index is 1270. The first-order valence-corrected chi connectivity index (χ1v) is 11.9. The van der Waals surface area contributed by atoms with Gasteiger partial charge in [0.15, 0.2) is 0 Å². The van der Waals surface area contributed by atoms with Crippen LogP contribution in [0.5, 0.6) is 0 Å². The van der Waals surface area contributed by atoms with Crippen LogP contribution < -0.4 is 4.90 Å². The number of rotatable bonds is 6. The number of anilines is 1. The van der Waals surface area contributed by atoms with E-state index >= 15 is 0 Å². The number of aromatic nitrogens is 3. The molecule has 4 rings (SSSR count). The summed E-state index contributed by atoms with van der Waals surface area (Å²) in [5.41, 5.74) is 3.81. The van der Waals surface area contributed by atoms with Crippen LogP contribution in [0.1, 0.15) is 33.9 Å². The number of benzene rings is 1. The molecule has 0 atom stereocenters. The van der Waals surface area contributed by atoms with Crippen molar-refractivity contribution in [3.63, 3.8) is 0 Å². The van der Waals surface area contributed by atoms with Gasteiger partial charge in [0.05, 0.1) is 38.5 Å². The van der Waals surface area contributed by atoms with Crippen molar-refractivity contribution < 1.29 is 9.18 Å². The van der Waals surface area contributed by atoms with Crippen LogP contribution in [0.4, 0.5) is 10.1 Å². The molecule has 0 saturated heterocycles. The van der Waals surface area contributed by atoms with Crippen LogP contribution in [0.25, 0.3) is 10.6 Å². The fourth-order valence-electron chi connectivity index (χ4n) is 3.32. The molecule has 0 spiro atoms. The van der Waals surface area contributed by atoms with Crippen LogP contribution in [0.15, 0.2) is 41.9 Å². The summed E-state index contributed by atoms with van der Waals surface area (Å²) in [5, 5.41) is 4.34. The van der Waals surface area contributed by atoms with E-state index in [2.05, 4.69) is 15.3 Å². The smallest absolute Gasteiger partial charge is 0.224 e. The van der Waals surface area contributed by atoms with Crippen molar-refractivity contribution in [3.8, 4) is 10.6 Å². The predicted molar refractivity (Wildman–Crippen MR) is 128 cm³/mol. The lowest BCUT2D eigenvalue weighted by atomic mass is 10.2. The molecule has 32 heavy (non-hydrogen) atoms. The SMILES string of the molecule is CC(=O)N(Cc1ccc(Cc2nc(-c3sc(C)nc3C)cs2)nc1)c1ccc(Cl)cc1F. The Morgan fingerprint density at radius 3 is 2.62 bits per heavy atom. The fourth-order valence-corrected chi connectivity index (χ4v) is 5.24. The number of hydrogen-bond donors (Lipinski definition) is 0. The van der Waals surface area contributed by atoms with E-state index in [1.165, 1.54) is 24.0 Å². The summed E-state index contributed by atoms with van der Waals surface area (Å²) in [6.07, 6.45) is 2.33. The summed E-state index contributed by atoms with van der Waals surface area (Å²) in [4.78, 5) is 28.3. The second-order valence-corrected chi connectivity index (χ2v) is 9.89. The first kappa shape index (κ1) is 22.5. The number of aryl methyl sites for hydroxylation is 2. The molecule has 0 saturated carbocycles. The monoisotopic (exact) mass is 486 g/mol. The molecule has 9 heteroatoms. The van der Waals surface area contributed by atoms with Gasteiger partial charge in [0.1, 0.15) is 5.82 Å². The van der Waals surface area contributed by atoms with E-state index in [4.69, 9.17) is 16.6 Å². The first-order valence-electron chi connectivity index (χ1n) is 9.86. The number of amides is 1. The zero-order chi connectivity index (χ0) is 22.8. The molecular formula is C23H20ClFN4OS2. The first-order chi connectivity index (χ1) is 15.3. The van der Waals surface area contributed by atoms with Crippen LogP contribution >= 0.6 is 34.3 Å². The van der Waals surface area contributed by atoms with E-state index < -0.39 is 5.82 Å². The maximum Gasteiger partial charge on any atom is 0.224 e. The largest absolute Gasteiger partial charge is 0.305 e. The van der Waals surface area contributed by atoms with Gasteiger partial charge in [-0.25, -0.2) is 14.4 Å². The number of carbonyl (C=O) groups is 1. The van der Waals surface area contributed by atoms with Gasteiger partial charge in [-0.2, -0.15) is 0 Å². The average molecular weight is 487 g/mol. The Morgan fingerprint density at radius 1 is 1.19 bits per heavy atom. The maximum atomic E-state index is 14.3. The van der Waals surface area contributed by atoms with E-state index in [-0.39, 0.29) is 23.2 Å². The van der Waals surface area contributed by atoms with Gasteiger partial charge in [-0.15, -0.1) is 22.7 Å². The summed E-state index contributed by atoms with van der Waals surface area (Å²) in [5.74, 6) is -0.803. The standard InChI is InChI=1S/C23H20ClFN4OS2/c1-13-23(32-14(2)27-13)20-12-31-22(28-20)9-18-6-4-16(10-26-18)11-29(15(3)30)21-7-5-17(24)8-19(21)25/h4-8,10,12H,9,11H2,1-3H3. The molecule has 0 aliphatic carbocycles. The van der Waals surface area contributed by atoms with Crippen molar-refractivity contribution in [2.24, 2.45) is 0 Å². The molecule has 1 aromatic carbocycles. The van der Waals surface area contributed by atoms with Gasteiger partial charge in [-0.3, -0.25) is 9.78 Å². The van der Waals surface area contributed by atoms with E-state index in [9.17, 15) is 9.18 Å². The molecular weight excluding hydrogens is 467 g/mol. The summed E-state index contributed by atoms with van der Waals surface area (Å²) in [7, 11) is 0. The number of carbonyl (C=O) groups excluding carboxylic acids is 1. The highest BCUT2D eigenvalue weighted by atomic mass is 35.5. The number of halogens is 2. The number of nitrogens with zero attached hydrogens (tertiary/aromatic N) is 4. The predicted octanol–water partition coefficient (Wildman–Crippen LogP) is 6.21. The van der Waals surface area contributed by atoms with Gasteiger partial charge in [0.2, 0.25) is 5.91 Å². The van der Waals surface area contributed by atoms with Gasteiger partial charge in [0.25, 0.3) is 0 Å². The van der Waals surface area contributed by atoms with Gasteiger partial charge >= 0.3 is 0 Å². The van der Waals surface area contributed by atoms with Crippen molar-refractivity contribution in [1.82, 2.24) is 15.0 Å². The van der Waals surface area contributed by atoms with Gasteiger partial charge in [-0.1, -0.05) is 17.7 Å². The van der Waals surface area contributed by atoms with Crippen molar-refractivity contribution >= 4 is 45.9 Å². The van der Waals surface area contributed by atoms with Crippen LogP contribution in [0, 0.1) is 19.7 Å². The minimum atomic E-state index is -0.539. The van der Waals surface area contributed by atoms with Gasteiger partial charge in [-0.05, 0) is 43.7 Å². The Hall–Kier alpha value is -2.68. The quantitative estimate of drug-likeness (QED) is 0.325. The van der Waals surface area contributed by atoms with Crippen molar-refractivity contribution in [1.29, 1.82) is 0 Å². The molecule has 0 radical (unpaired) electrons. The molecule has 0 N–H and O–H groups in total. The van der Waals surface area contributed by atoms with Gasteiger partial charge < -0.3 is 4.90 Å². The molecule has 0 fully saturated rings. The normalized spacial score (nSPS) is 11.0. The molecule has 0 aliphatic rings. The highest BCUT2D eigenvalue weighted by Gasteiger charge is 2.17. The van der Waals surface area contributed by atoms with Crippen LogP contribution in [0.2, 0.25) is 5.02 Å². The lowest BCUT2D eigenvalue weighted by molar-refractivity contribution is -0.116. The third-order valence-electron chi connectivity index (χ3n) is 4.83. The van der Waals surface area contributed by atoms with Crippen molar-refractivity contribution in [2.45, 2.75) is 33.7 Å². The van der Waals surface area contributed by atoms with Crippen molar-refractivity contribution in [3.05, 3.63) is 79.7 Å². The van der Waals surface area contributed by atoms with E-state index in [0.29, 0.717) is 6.42 Å². The third kappa shape index (κ3) is 5.03. The second-order valence-electron chi connectivity index (χ2n) is 7.31. The Labute approximate surface area is 198 Å². The highest BCUT2D eigenvalue weighted by Crippen LogP contribution is 2.31. The molecule has 164 valence electrons. The summed E-state index contributed by atoms with van der Waals surface area (Å²) >= 11 is 9.08. The van der Waals surface area contributed by atoms with Crippen molar-refractivity contribution in [2.75, 3.05) is 4.90 Å². The Kier molecular flexibility index (Phi) is 6.64.